The van der Waals surface area contributed by atoms with Crippen molar-refractivity contribution >= 4 is 0 Å². The van der Waals surface area contributed by atoms with Gasteiger partial charge in [-0.3, -0.25) is 0 Å². The van der Waals surface area contributed by atoms with Gasteiger partial charge in [0.2, 0.25) is 0 Å². The average Bonchev–Trinajstić information content (AvgIpc) is 2.62. The highest BCUT2D eigenvalue weighted by molar-refractivity contribution is 5.33. The second-order valence-corrected chi connectivity index (χ2v) is 5.41. The van der Waals surface area contributed by atoms with Gasteiger partial charge in [0.25, 0.3) is 0 Å². The van der Waals surface area contributed by atoms with Gasteiger partial charge in [0, 0.05) is 0 Å². The van der Waals surface area contributed by atoms with Crippen molar-refractivity contribution in [2.75, 3.05) is 13.7 Å². The first-order valence-corrected chi connectivity index (χ1v) is 8.02. The molecule has 0 N–H and O–H groups in total. The first-order chi connectivity index (χ1) is 11.3. The monoisotopic (exact) mass is 309 g/mol. The van der Waals surface area contributed by atoms with Crippen molar-refractivity contribution in [2.24, 2.45) is 0 Å². The van der Waals surface area contributed by atoms with Crippen LogP contribution in [-0.4, -0.2) is 13.7 Å². The fourth-order valence-corrected chi connectivity index (χ4v) is 2.55. The van der Waals surface area contributed by atoms with E-state index >= 15 is 0 Å². The molecule has 0 spiro atoms. The van der Waals surface area contributed by atoms with Gasteiger partial charge in [0.15, 0.2) is 0 Å². The minimum Gasteiger partial charge on any atom is -0.497 e. The largest absolute Gasteiger partial charge is 0.497 e. The van der Waals surface area contributed by atoms with E-state index in [-0.39, 0.29) is 5.92 Å². The number of rotatable bonds is 8. The van der Waals surface area contributed by atoms with Crippen molar-refractivity contribution in [3.63, 3.8) is 0 Å². The van der Waals surface area contributed by atoms with Crippen LogP contribution in [0.15, 0.2) is 48.5 Å². The summed E-state index contributed by atoms with van der Waals surface area (Å²) in [7, 11) is 1.64. The van der Waals surface area contributed by atoms with Gasteiger partial charge in [0.1, 0.15) is 11.5 Å². The van der Waals surface area contributed by atoms with E-state index in [4.69, 9.17) is 9.47 Å². The molecule has 3 heteroatoms. The summed E-state index contributed by atoms with van der Waals surface area (Å²) >= 11 is 0. The van der Waals surface area contributed by atoms with Crippen molar-refractivity contribution in [3.8, 4) is 17.6 Å². The molecule has 0 radical (unpaired) electrons. The van der Waals surface area contributed by atoms with Gasteiger partial charge in [0.05, 0.1) is 25.7 Å². The van der Waals surface area contributed by atoms with Gasteiger partial charge >= 0.3 is 0 Å². The summed E-state index contributed by atoms with van der Waals surface area (Å²) in [6.45, 7) is 2.75. The Kier molecular flexibility index (Phi) is 6.50. The molecule has 0 aliphatic rings. The van der Waals surface area contributed by atoms with Gasteiger partial charge in [-0.25, -0.2) is 0 Å². The lowest BCUT2D eigenvalue weighted by atomic mass is 9.96. The lowest BCUT2D eigenvalue weighted by Gasteiger charge is -2.12. The second-order valence-electron chi connectivity index (χ2n) is 5.41. The van der Waals surface area contributed by atoms with Crippen LogP contribution >= 0.6 is 0 Å². The molecule has 0 aromatic heterocycles. The third-order valence-corrected chi connectivity index (χ3v) is 3.92. The summed E-state index contributed by atoms with van der Waals surface area (Å²) in [5.74, 6) is 1.66. The molecular formula is C20H23NO2. The summed E-state index contributed by atoms with van der Waals surface area (Å²) < 4.78 is 11.0. The van der Waals surface area contributed by atoms with Crippen LogP contribution in [-0.2, 0) is 6.42 Å². The van der Waals surface area contributed by atoms with E-state index in [9.17, 15) is 5.26 Å². The number of nitriles is 1. The van der Waals surface area contributed by atoms with Crippen LogP contribution in [0.1, 0.15) is 36.8 Å². The Morgan fingerprint density at radius 3 is 2.48 bits per heavy atom. The van der Waals surface area contributed by atoms with Crippen LogP contribution < -0.4 is 9.47 Å². The van der Waals surface area contributed by atoms with E-state index in [0.717, 1.165) is 36.3 Å². The Morgan fingerprint density at radius 1 is 1.09 bits per heavy atom. The minimum atomic E-state index is -0.106. The molecule has 0 heterocycles. The Morgan fingerprint density at radius 2 is 1.83 bits per heavy atom. The van der Waals surface area contributed by atoms with Crippen LogP contribution in [0, 0.1) is 11.3 Å². The highest BCUT2D eigenvalue weighted by atomic mass is 16.5. The van der Waals surface area contributed by atoms with E-state index in [1.54, 1.807) is 7.11 Å². The van der Waals surface area contributed by atoms with Crippen molar-refractivity contribution < 1.29 is 9.47 Å². The molecule has 1 atom stereocenters. The molecule has 0 amide bonds. The van der Waals surface area contributed by atoms with E-state index in [2.05, 4.69) is 19.1 Å². The zero-order valence-corrected chi connectivity index (χ0v) is 13.8. The first-order valence-electron chi connectivity index (χ1n) is 8.02. The molecule has 0 fully saturated rings. The molecule has 2 aromatic carbocycles. The summed E-state index contributed by atoms with van der Waals surface area (Å²) in [6, 6.07) is 18.2. The number of nitrogens with zero attached hydrogens (tertiary/aromatic N) is 1. The van der Waals surface area contributed by atoms with Crippen LogP contribution in [0.2, 0.25) is 0 Å². The number of ether oxygens (including phenoxy) is 2. The first kappa shape index (κ1) is 16.9. The van der Waals surface area contributed by atoms with Crippen molar-refractivity contribution in [1.82, 2.24) is 0 Å². The zero-order chi connectivity index (χ0) is 16.5. The Balaban J connectivity index is 1.85. The Hall–Kier alpha value is -2.47. The maximum absolute atomic E-state index is 9.38. The predicted molar refractivity (Wildman–Crippen MR) is 91.9 cm³/mol. The molecule has 0 saturated carbocycles. The number of hydrogen-bond donors (Lipinski definition) is 0. The summed E-state index contributed by atoms with van der Waals surface area (Å²) in [6.07, 6.45) is 2.60. The number of aryl methyl sites for hydroxylation is 1. The number of hydrogen-bond acceptors (Lipinski definition) is 3. The third-order valence-electron chi connectivity index (χ3n) is 3.92. The topological polar surface area (TPSA) is 42.2 Å². The number of para-hydroxylation sites is 1. The maximum Gasteiger partial charge on any atom is 0.122 e. The fraction of sp³-hybridized carbons (Fsp3) is 0.350. The second kappa shape index (κ2) is 8.85. The van der Waals surface area contributed by atoms with Gasteiger partial charge in [-0.2, -0.15) is 5.26 Å². The molecule has 1 unspecified atom stereocenters. The Labute approximate surface area is 138 Å². The molecule has 2 aromatic rings. The Bertz CT molecular complexity index is 643. The molecular weight excluding hydrogens is 286 g/mol. The summed E-state index contributed by atoms with van der Waals surface area (Å²) in [5, 5.41) is 9.38. The fourth-order valence-electron chi connectivity index (χ4n) is 2.55. The van der Waals surface area contributed by atoms with E-state index in [0.29, 0.717) is 6.61 Å². The van der Waals surface area contributed by atoms with Crippen LogP contribution in [0.4, 0.5) is 0 Å². The molecule has 0 bridgehead atoms. The van der Waals surface area contributed by atoms with E-state index in [1.807, 2.05) is 42.5 Å². The normalized spacial score (nSPS) is 11.5. The standard InChI is InChI=1S/C20H23NO2/c1-3-16-7-4-5-9-20(16)23-14-6-8-18(15-21)17-10-12-19(22-2)13-11-17/h4-5,7,9-13,18H,3,6,8,14H2,1-2H3. The molecule has 0 aliphatic heterocycles. The maximum atomic E-state index is 9.38. The van der Waals surface area contributed by atoms with Gasteiger partial charge in [-0.1, -0.05) is 37.3 Å². The molecule has 0 aliphatic carbocycles. The van der Waals surface area contributed by atoms with Gasteiger partial charge in [-0.15, -0.1) is 0 Å². The van der Waals surface area contributed by atoms with Crippen molar-refractivity contribution in [3.05, 3.63) is 59.7 Å². The quantitative estimate of drug-likeness (QED) is 0.662. The number of methoxy groups -OCH3 is 1. The van der Waals surface area contributed by atoms with Crippen LogP contribution in [0.3, 0.4) is 0 Å². The minimum absolute atomic E-state index is 0.106. The third kappa shape index (κ3) is 4.75. The average molecular weight is 309 g/mol. The molecule has 120 valence electrons. The lowest BCUT2D eigenvalue weighted by Crippen LogP contribution is -2.03. The van der Waals surface area contributed by atoms with E-state index < -0.39 is 0 Å². The summed E-state index contributed by atoms with van der Waals surface area (Å²) in [5.41, 5.74) is 2.25. The smallest absolute Gasteiger partial charge is 0.122 e. The van der Waals surface area contributed by atoms with Crippen molar-refractivity contribution in [2.45, 2.75) is 32.1 Å². The molecule has 2 rings (SSSR count). The highest BCUT2D eigenvalue weighted by Crippen LogP contribution is 2.24. The summed E-state index contributed by atoms with van der Waals surface area (Å²) in [4.78, 5) is 0. The van der Waals surface area contributed by atoms with Crippen LogP contribution in [0.25, 0.3) is 0 Å². The van der Waals surface area contributed by atoms with Gasteiger partial charge < -0.3 is 9.47 Å². The van der Waals surface area contributed by atoms with E-state index in [1.165, 1.54) is 5.56 Å². The van der Waals surface area contributed by atoms with Gasteiger partial charge in [-0.05, 0) is 48.6 Å². The van der Waals surface area contributed by atoms with Crippen molar-refractivity contribution in [1.29, 1.82) is 5.26 Å². The predicted octanol–water partition coefficient (Wildman–Crippen LogP) is 4.72. The SMILES string of the molecule is CCc1ccccc1OCCCC(C#N)c1ccc(OC)cc1. The zero-order valence-electron chi connectivity index (χ0n) is 13.8. The molecule has 0 saturated heterocycles. The highest BCUT2D eigenvalue weighted by Gasteiger charge is 2.11. The molecule has 3 nitrogen and oxygen atoms in total. The number of benzene rings is 2. The molecule has 23 heavy (non-hydrogen) atoms. The lowest BCUT2D eigenvalue weighted by molar-refractivity contribution is 0.302. The van der Waals surface area contributed by atoms with Crippen LogP contribution in [0.5, 0.6) is 11.5 Å².